The van der Waals surface area contributed by atoms with Gasteiger partial charge in [0, 0.05) is 13.1 Å². The molecule has 1 aliphatic heterocycles. The molecule has 4 amide bonds. The van der Waals surface area contributed by atoms with E-state index in [-0.39, 0.29) is 19.2 Å². The number of amides is 4. The predicted octanol–water partition coefficient (Wildman–Crippen LogP) is -0.208. The SMILES string of the molecule is NC(=O)[C@H](CN1CCNC1=O)NC(=O)OCc1ccccc1. The lowest BCUT2D eigenvalue weighted by molar-refractivity contribution is -0.120. The summed E-state index contributed by atoms with van der Waals surface area (Å²) >= 11 is 0. The topological polar surface area (TPSA) is 114 Å². The lowest BCUT2D eigenvalue weighted by atomic mass is 10.2. The highest BCUT2D eigenvalue weighted by Gasteiger charge is 2.27. The molecular formula is C14H18N4O4. The standard InChI is InChI=1S/C14H18N4O4/c15-12(19)11(8-18-7-6-16-13(18)20)17-14(21)22-9-10-4-2-1-3-5-10/h1-5,11H,6-9H2,(H2,15,19)(H,16,20)(H,17,21)/t11-/m0/s1. The van der Waals surface area contributed by atoms with Gasteiger partial charge in [-0.3, -0.25) is 4.79 Å². The fraction of sp³-hybridized carbons (Fsp3) is 0.357. The lowest BCUT2D eigenvalue weighted by Crippen LogP contribution is -2.51. The summed E-state index contributed by atoms with van der Waals surface area (Å²) in [6.45, 7) is 1.07. The minimum Gasteiger partial charge on any atom is -0.445 e. The minimum atomic E-state index is -0.993. The molecule has 4 N–H and O–H groups in total. The van der Waals surface area contributed by atoms with E-state index in [9.17, 15) is 14.4 Å². The van der Waals surface area contributed by atoms with Gasteiger partial charge in [0.1, 0.15) is 12.6 Å². The van der Waals surface area contributed by atoms with Crippen molar-refractivity contribution in [3.63, 3.8) is 0 Å². The van der Waals surface area contributed by atoms with Crippen molar-refractivity contribution >= 4 is 18.0 Å². The van der Waals surface area contributed by atoms with E-state index in [1.54, 1.807) is 0 Å². The maximum Gasteiger partial charge on any atom is 0.408 e. The van der Waals surface area contributed by atoms with Crippen molar-refractivity contribution in [2.45, 2.75) is 12.6 Å². The third-order valence-corrected chi connectivity index (χ3v) is 3.20. The van der Waals surface area contributed by atoms with Crippen LogP contribution in [0.3, 0.4) is 0 Å². The van der Waals surface area contributed by atoms with E-state index in [0.717, 1.165) is 5.56 Å². The lowest BCUT2D eigenvalue weighted by Gasteiger charge is -2.21. The van der Waals surface area contributed by atoms with Crippen LogP contribution in [0.4, 0.5) is 9.59 Å². The first-order chi connectivity index (χ1) is 10.6. The Kier molecular flexibility index (Phi) is 5.18. The fourth-order valence-corrected chi connectivity index (χ4v) is 2.02. The fourth-order valence-electron chi connectivity index (χ4n) is 2.02. The van der Waals surface area contributed by atoms with Crippen LogP contribution in [0.15, 0.2) is 30.3 Å². The molecule has 1 aromatic rings. The zero-order valence-corrected chi connectivity index (χ0v) is 12.0. The molecule has 1 atom stereocenters. The number of alkyl carbamates (subject to hydrolysis) is 1. The number of urea groups is 1. The van der Waals surface area contributed by atoms with Crippen molar-refractivity contribution in [2.24, 2.45) is 5.73 Å². The molecule has 0 aromatic heterocycles. The van der Waals surface area contributed by atoms with E-state index in [4.69, 9.17) is 10.5 Å². The summed E-state index contributed by atoms with van der Waals surface area (Å²) < 4.78 is 5.02. The van der Waals surface area contributed by atoms with Crippen molar-refractivity contribution in [1.29, 1.82) is 0 Å². The Morgan fingerprint density at radius 1 is 1.36 bits per heavy atom. The van der Waals surface area contributed by atoms with Crippen molar-refractivity contribution in [1.82, 2.24) is 15.5 Å². The van der Waals surface area contributed by atoms with Crippen LogP contribution >= 0.6 is 0 Å². The third kappa shape index (κ3) is 4.37. The van der Waals surface area contributed by atoms with Crippen LogP contribution in [0.2, 0.25) is 0 Å². The van der Waals surface area contributed by atoms with E-state index in [1.165, 1.54) is 4.90 Å². The van der Waals surface area contributed by atoms with Gasteiger partial charge in [-0.05, 0) is 5.56 Å². The largest absolute Gasteiger partial charge is 0.445 e. The third-order valence-electron chi connectivity index (χ3n) is 3.20. The molecule has 1 aromatic carbocycles. The van der Waals surface area contributed by atoms with Gasteiger partial charge in [-0.1, -0.05) is 30.3 Å². The first-order valence-electron chi connectivity index (χ1n) is 6.85. The normalized spacial score (nSPS) is 15.1. The Hall–Kier alpha value is -2.77. The van der Waals surface area contributed by atoms with Crippen LogP contribution in [-0.2, 0) is 16.1 Å². The number of ether oxygens (including phenoxy) is 1. The van der Waals surface area contributed by atoms with Crippen LogP contribution in [0.1, 0.15) is 5.56 Å². The van der Waals surface area contributed by atoms with Gasteiger partial charge in [0.05, 0.1) is 6.54 Å². The smallest absolute Gasteiger partial charge is 0.408 e. The number of carbonyl (C=O) groups is 3. The predicted molar refractivity (Wildman–Crippen MR) is 77.7 cm³/mol. The first kappa shape index (κ1) is 15.6. The second kappa shape index (κ2) is 7.30. The Bertz CT molecular complexity index is 549. The van der Waals surface area contributed by atoms with Crippen molar-refractivity contribution in [3.8, 4) is 0 Å². The van der Waals surface area contributed by atoms with Gasteiger partial charge in [0.2, 0.25) is 5.91 Å². The summed E-state index contributed by atoms with van der Waals surface area (Å²) in [6, 6.07) is 7.86. The maximum atomic E-state index is 11.7. The number of nitrogens with one attached hydrogen (secondary N) is 2. The Morgan fingerprint density at radius 2 is 2.09 bits per heavy atom. The highest BCUT2D eigenvalue weighted by Crippen LogP contribution is 2.02. The number of nitrogens with zero attached hydrogens (tertiary/aromatic N) is 1. The van der Waals surface area contributed by atoms with Crippen LogP contribution in [0.25, 0.3) is 0 Å². The molecule has 1 saturated heterocycles. The van der Waals surface area contributed by atoms with Gasteiger partial charge in [0.25, 0.3) is 0 Å². The molecule has 0 unspecified atom stereocenters. The molecule has 0 saturated carbocycles. The molecule has 8 heteroatoms. The minimum absolute atomic E-state index is 0.0155. The van der Waals surface area contributed by atoms with Crippen molar-refractivity contribution < 1.29 is 19.1 Å². The maximum absolute atomic E-state index is 11.7. The number of carbonyl (C=O) groups excluding carboxylic acids is 3. The summed E-state index contributed by atoms with van der Waals surface area (Å²) in [5, 5.41) is 4.98. The summed E-state index contributed by atoms with van der Waals surface area (Å²) in [4.78, 5) is 36.0. The van der Waals surface area contributed by atoms with E-state index >= 15 is 0 Å². The van der Waals surface area contributed by atoms with Crippen molar-refractivity contribution in [3.05, 3.63) is 35.9 Å². The van der Waals surface area contributed by atoms with Crippen LogP contribution in [0, 0.1) is 0 Å². The van der Waals surface area contributed by atoms with Crippen molar-refractivity contribution in [2.75, 3.05) is 19.6 Å². The van der Waals surface area contributed by atoms with Crippen LogP contribution in [-0.4, -0.2) is 48.6 Å². The molecule has 1 heterocycles. The summed E-state index contributed by atoms with van der Waals surface area (Å²) in [6.07, 6.45) is -0.757. The molecule has 22 heavy (non-hydrogen) atoms. The second-order valence-electron chi connectivity index (χ2n) is 4.84. The monoisotopic (exact) mass is 306 g/mol. The van der Waals surface area contributed by atoms with Gasteiger partial charge in [-0.15, -0.1) is 0 Å². The average molecular weight is 306 g/mol. The summed E-state index contributed by atoms with van der Waals surface area (Å²) in [5.74, 6) is -0.726. The van der Waals surface area contributed by atoms with Gasteiger partial charge in [0.15, 0.2) is 0 Å². The molecule has 0 radical (unpaired) electrons. The second-order valence-corrected chi connectivity index (χ2v) is 4.84. The Labute approximate surface area is 127 Å². The number of hydrogen-bond donors (Lipinski definition) is 3. The molecule has 0 aliphatic carbocycles. The highest BCUT2D eigenvalue weighted by molar-refractivity contribution is 5.85. The highest BCUT2D eigenvalue weighted by atomic mass is 16.5. The molecule has 0 bridgehead atoms. The average Bonchev–Trinajstić information content (AvgIpc) is 2.91. The van der Waals surface area contributed by atoms with Gasteiger partial charge in [-0.2, -0.15) is 0 Å². The number of primary amides is 1. The van der Waals surface area contributed by atoms with Gasteiger partial charge in [-0.25, -0.2) is 9.59 Å². The molecule has 8 nitrogen and oxygen atoms in total. The molecule has 0 spiro atoms. The summed E-state index contributed by atoms with van der Waals surface area (Å²) in [7, 11) is 0. The Morgan fingerprint density at radius 3 is 2.68 bits per heavy atom. The van der Waals surface area contributed by atoms with E-state index in [2.05, 4.69) is 10.6 Å². The Balaban J connectivity index is 1.83. The zero-order valence-electron chi connectivity index (χ0n) is 12.0. The van der Waals surface area contributed by atoms with Gasteiger partial charge >= 0.3 is 12.1 Å². The number of hydrogen-bond acceptors (Lipinski definition) is 4. The molecular weight excluding hydrogens is 288 g/mol. The number of benzene rings is 1. The van der Waals surface area contributed by atoms with E-state index in [1.807, 2.05) is 30.3 Å². The summed E-state index contributed by atoms with van der Waals surface area (Å²) in [5.41, 5.74) is 6.07. The number of rotatable bonds is 6. The van der Waals surface area contributed by atoms with Crippen LogP contribution in [0.5, 0.6) is 0 Å². The molecule has 1 aliphatic rings. The molecule has 2 rings (SSSR count). The number of nitrogens with two attached hydrogens (primary N) is 1. The van der Waals surface area contributed by atoms with E-state index in [0.29, 0.717) is 13.1 Å². The molecule has 1 fully saturated rings. The van der Waals surface area contributed by atoms with Crippen LogP contribution < -0.4 is 16.4 Å². The first-order valence-corrected chi connectivity index (χ1v) is 6.85. The molecule has 118 valence electrons. The van der Waals surface area contributed by atoms with Gasteiger partial charge < -0.3 is 26.0 Å². The quantitative estimate of drug-likeness (QED) is 0.675. The van der Waals surface area contributed by atoms with E-state index < -0.39 is 18.0 Å². The zero-order chi connectivity index (χ0) is 15.9.